The van der Waals surface area contributed by atoms with E-state index in [0.717, 1.165) is 0 Å². The number of ether oxygens (including phenoxy) is 4. The third-order valence-electron chi connectivity index (χ3n) is 7.64. The molecule has 2 saturated heterocycles. The molecular formula is C32H34N2O8S2. The molecule has 0 N–H and O–H groups in total. The minimum Gasteiger partial charge on any atom is -0.491 e. The molecule has 0 bridgehead atoms. The first-order chi connectivity index (χ1) is 21.3. The van der Waals surface area contributed by atoms with E-state index < -0.39 is 32.3 Å². The van der Waals surface area contributed by atoms with Gasteiger partial charge >= 0.3 is 0 Å². The number of hydrogen-bond acceptors (Lipinski definition) is 8. The molecule has 0 saturated carbocycles. The van der Waals surface area contributed by atoms with Crippen molar-refractivity contribution in [1.29, 1.82) is 0 Å². The Bertz CT molecular complexity index is 1650. The maximum Gasteiger partial charge on any atom is 0.243 e. The molecule has 2 fully saturated rings. The van der Waals surface area contributed by atoms with Crippen LogP contribution in [0.15, 0.2) is 107 Å². The number of fused-ring (bicyclic) bond motifs is 1. The third-order valence-corrected chi connectivity index (χ3v) is 11.5. The van der Waals surface area contributed by atoms with Gasteiger partial charge in [0.15, 0.2) is 0 Å². The average Bonchev–Trinajstić information content (AvgIpc) is 3.07. The largest absolute Gasteiger partial charge is 0.491 e. The van der Waals surface area contributed by atoms with Crippen molar-refractivity contribution in [2.75, 3.05) is 52.6 Å². The summed E-state index contributed by atoms with van der Waals surface area (Å²) in [4.78, 5) is 0.0978. The van der Waals surface area contributed by atoms with Crippen molar-refractivity contribution in [1.82, 2.24) is 8.61 Å². The predicted molar refractivity (Wildman–Crippen MR) is 165 cm³/mol. The number of sulfonamides is 2. The summed E-state index contributed by atoms with van der Waals surface area (Å²) >= 11 is 0. The standard InChI is InChI=1S/C32H34N2O8S2/c35-43(36,33-17-19-39-27(21-33)23-41-25-9-3-1-4-10-25)31-15-7-14-30-29(31)13-8-16-32(30)44(37,38)34-18-20-40-28(22-34)24-42-26-11-5-2-6-12-26/h1-16,27-28H,17-24H2/t27-,28+. The first-order valence-electron chi connectivity index (χ1n) is 14.4. The highest BCUT2D eigenvalue weighted by molar-refractivity contribution is 7.89. The lowest BCUT2D eigenvalue weighted by Crippen LogP contribution is -2.47. The Balaban J connectivity index is 1.21. The molecule has 0 amide bonds. The molecule has 0 radical (unpaired) electrons. The average molecular weight is 639 g/mol. The van der Waals surface area contributed by atoms with Crippen molar-refractivity contribution in [3.05, 3.63) is 97.1 Å². The summed E-state index contributed by atoms with van der Waals surface area (Å²) in [5, 5.41) is 0.684. The van der Waals surface area contributed by atoms with E-state index in [4.69, 9.17) is 18.9 Å². The van der Waals surface area contributed by atoms with Crippen molar-refractivity contribution >= 4 is 30.8 Å². The van der Waals surface area contributed by atoms with Crippen molar-refractivity contribution in [3.63, 3.8) is 0 Å². The van der Waals surface area contributed by atoms with Crippen LogP contribution < -0.4 is 9.47 Å². The van der Waals surface area contributed by atoms with E-state index in [-0.39, 0.29) is 62.4 Å². The first-order valence-corrected chi connectivity index (χ1v) is 17.3. The molecule has 44 heavy (non-hydrogen) atoms. The van der Waals surface area contributed by atoms with Crippen LogP contribution in [0.5, 0.6) is 11.5 Å². The fraction of sp³-hybridized carbons (Fsp3) is 0.312. The highest BCUT2D eigenvalue weighted by Crippen LogP contribution is 2.32. The van der Waals surface area contributed by atoms with Crippen LogP contribution in [-0.2, 0) is 29.5 Å². The van der Waals surface area contributed by atoms with Crippen LogP contribution >= 0.6 is 0 Å². The van der Waals surface area contributed by atoms with Gasteiger partial charge in [0, 0.05) is 37.0 Å². The second kappa shape index (κ2) is 13.2. The minimum absolute atomic E-state index is 0.0489. The van der Waals surface area contributed by atoms with E-state index in [1.165, 1.54) is 20.7 Å². The number of para-hydroxylation sites is 2. The fourth-order valence-corrected chi connectivity index (χ4v) is 8.74. The number of hydrogen-bond donors (Lipinski definition) is 0. The topological polar surface area (TPSA) is 112 Å². The summed E-state index contributed by atoms with van der Waals surface area (Å²) in [6.45, 7) is 1.43. The zero-order valence-corrected chi connectivity index (χ0v) is 25.7. The molecule has 2 atom stereocenters. The van der Waals surface area contributed by atoms with Gasteiger partial charge in [0.25, 0.3) is 0 Å². The van der Waals surface area contributed by atoms with Gasteiger partial charge in [-0.1, -0.05) is 60.7 Å². The van der Waals surface area contributed by atoms with Crippen molar-refractivity contribution < 1.29 is 35.8 Å². The highest BCUT2D eigenvalue weighted by atomic mass is 32.2. The van der Waals surface area contributed by atoms with Gasteiger partial charge in [-0.2, -0.15) is 8.61 Å². The van der Waals surface area contributed by atoms with Gasteiger partial charge in [0.05, 0.1) is 23.0 Å². The number of benzene rings is 4. The molecule has 6 rings (SSSR count). The van der Waals surface area contributed by atoms with Crippen LogP contribution in [0.2, 0.25) is 0 Å². The molecule has 2 aliphatic rings. The molecule has 0 unspecified atom stereocenters. The van der Waals surface area contributed by atoms with Crippen LogP contribution in [0.3, 0.4) is 0 Å². The maximum absolute atomic E-state index is 14.0. The first kappa shape index (κ1) is 30.5. The lowest BCUT2D eigenvalue weighted by Gasteiger charge is -2.33. The van der Waals surface area contributed by atoms with E-state index in [2.05, 4.69) is 0 Å². The highest BCUT2D eigenvalue weighted by Gasteiger charge is 2.35. The molecule has 0 spiro atoms. The smallest absolute Gasteiger partial charge is 0.243 e. The van der Waals surface area contributed by atoms with Gasteiger partial charge in [-0.05, 0) is 36.4 Å². The Kier molecular flexibility index (Phi) is 9.17. The van der Waals surface area contributed by atoms with Crippen LogP contribution in [0.25, 0.3) is 10.8 Å². The SMILES string of the molecule is O=S(=O)(c1cccc2c(S(=O)(=O)N3CCO[C@@H](COc4ccccc4)C3)cccc12)N1CCO[C@H](COc2ccccc2)C1. The van der Waals surface area contributed by atoms with Gasteiger partial charge in [-0.15, -0.1) is 0 Å². The molecular weight excluding hydrogens is 604 g/mol. The molecule has 0 aliphatic carbocycles. The van der Waals surface area contributed by atoms with E-state index >= 15 is 0 Å². The number of morpholine rings is 2. The molecule has 0 aromatic heterocycles. The lowest BCUT2D eigenvalue weighted by atomic mass is 10.1. The van der Waals surface area contributed by atoms with Gasteiger partial charge in [-0.3, -0.25) is 0 Å². The fourth-order valence-electron chi connectivity index (χ4n) is 5.41. The van der Waals surface area contributed by atoms with Crippen molar-refractivity contribution in [2.24, 2.45) is 0 Å². The van der Waals surface area contributed by atoms with Gasteiger partial charge in [0.2, 0.25) is 20.0 Å². The van der Waals surface area contributed by atoms with Crippen LogP contribution in [-0.4, -0.2) is 90.3 Å². The molecule has 2 aliphatic heterocycles. The number of nitrogens with zero attached hydrogens (tertiary/aromatic N) is 2. The summed E-state index contributed by atoms with van der Waals surface area (Å²) < 4.78 is 81.8. The monoisotopic (exact) mass is 638 g/mol. The zero-order chi connectivity index (χ0) is 30.6. The van der Waals surface area contributed by atoms with Crippen LogP contribution in [0, 0.1) is 0 Å². The summed E-state index contributed by atoms with van der Waals surface area (Å²) in [7, 11) is -7.96. The Hall–Kier alpha value is -3.52. The second-order valence-electron chi connectivity index (χ2n) is 10.6. The van der Waals surface area contributed by atoms with Crippen LogP contribution in [0.1, 0.15) is 0 Å². The molecule has 232 valence electrons. The lowest BCUT2D eigenvalue weighted by molar-refractivity contribution is -0.0249. The molecule has 12 heteroatoms. The van der Waals surface area contributed by atoms with Crippen molar-refractivity contribution in [3.8, 4) is 11.5 Å². The normalized spacial score (nSPS) is 20.4. The van der Waals surface area contributed by atoms with Gasteiger partial charge in [-0.25, -0.2) is 16.8 Å². The van der Waals surface area contributed by atoms with E-state index in [0.29, 0.717) is 22.3 Å². The van der Waals surface area contributed by atoms with Crippen LogP contribution in [0.4, 0.5) is 0 Å². The zero-order valence-electron chi connectivity index (χ0n) is 24.0. The van der Waals surface area contributed by atoms with Gasteiger partial charge < -0.3 is 18.9 Å². The van der Waals surface area contributed by atoms with Gasteiger partial charge in [0.1, 0.15) is 36.9 Å². The summed E-state index contributed by atoms with van der Waals surface area (Å²) in [6, 6.07) is 28.0. The Morgan fingerprint density at radius 3 is 1.39 bits per heavy atom. The quantitative estimate of drug-likeness (QED) is 0.258. The third kappa shape index (κ3) is 6.60. The molecule has 4 aromatic rings. The molecule has 10 nitrogen and oxygen atoms in total. The Labute approximate surface area is 257 Å². The second-order valence-corrected chi connectivity index (χ2v) is 14.4. The Morgan fingerprint density at radius 1 is 0.568 bits per heavy atom. The molecule has 2 heterocycles. The van der Waals surface area contributed by atoms with Crippen molar-refractivity contribution in [2.45, 2.75) is 22.0 Å². The Morgan fingerprint density at radius 2 is 0.977 bits per heavy atom. The number of rotatable bonds is 10. The maximum atomic E-state index is 14.0. The summed E-state index contributed by atoms with van der Waals surface area (Å²) in [5.74, 6) is 1.35. The summed E-state index contributed by atoms with van der Waals surface area (Å²) in [6.07, 6.45) is -0.908. The molecule has 4 aromatic carbocycles. The minimum atomic E-state index is -3.98. The van der Waals surface area contributed by atoms with E-state index in [1.807, 2.05) is 60.7 Å². The predicted octanol–water partition coefficient (Wildman–Crippen LogP) is 3.78. The van der Waals surface area contributed by atoms with E-state index in [9.17, 15) is 16.8 Å². The summed E-state index contributed by atoms with van der Waals surface area (Å²) in [5.41, 5.74) is 0. The van der Waals surface area contributed by atoms with E-state index in [1.54, 1.807) is 24.3 Å².